The summed E-state index contributed by atoms with van der Waals surface area (Å²) in [5.74, 6) is 2.64. The number of carbonyl (C=O) groups is 1. The van der Waals surface area contributed by atoms with Crippen molar-refractivity contribution in [2.75, 3.05) is 13.1 Å². The van der Waals surface area contributed by atoms with E-state index in [1.54, 1.807) is 0 Å². The van der Waals surface area contributed by atoms with Crippen molar-refractivity contribution in [2.24, 2.45) is 0 Å². The maximum atomic E-state index is 12.8. The molecule has 1 aliphatic rings. The molecule has 148 valence electrons. The van der Waals surface area contributed by atoms with E-state index >= 15 is 0 Å². The number of hydrogen-bond donors (Lipinski definition) is 0. The van der Waals surface area contributed by atoms with Gasteiger partial charge in [0, 0.05) is 24.4 Å². The molecule has 3 aromatic heterocycles. The van der Waals surface area contributed by atoms with Crippen LogP contribution in [0.3, 0.4) is 0 Å². The van der Waals surface area contributed by atoms with E-state index in [2.05, 4.69) is 31.0 Å². The van der Waals surface area contributed by atoms with E-state index in [1.165, 1.54) is 0 Å². The number of fused-ring (bicyclic) bond motifs is 1. The summed E-state index contributed by atoms with van der Waals surface area (Å²) in [5, 5.41) is 13.5. The van der Waals surface area contributed by atoms with Gasteiger partial charge in [-0.05, 0) is 44.9 Å². The molecule has 28 heavy (non-hydrogen) atoms. The molecule has 7 nitrogen and oxygen atoms in total. The molecular weight excluding hydrogens is 354 g/mol. The summed E-state index contributed by atoms with van der Waals surface area (Å²) >= 11 is 0. The van der Waals surface area contributed by atoms with Gasteiger partial charge in [-0.1, -0.05) is 20.8 Å². The van der Waals surface area contributed by atoms with E-state index in [0.717, 1.165) is 35.8 Å². The van der Waals surface area contributed by atoms with Gasteiger partial charge in [0.25, 0.3) is 5.91 Å². The molecule has 1 amide bonds. The van der Waals surface area contributed by atoms with Gasteiger partial charge in [-0.15, -0.1) is 10.2 Å². The number of nitrogens with zero attached hydrogens (tertiary/aromatic N) is 5. The molecule has 7 heteroatoms. The average molecular weight is 381 g/mol. The van der Waals surface area contributed by atoms with Gasteiger partial charge in [-0.25, -0.2) is 0 Å². The molecule has 0 aromatic carbocycles. The van der Waals surface area contributed by atoms with E-state index in [4.69, 9.17) is 9.52 Å². The molecule has 0 aliphatic carbocycles. The number of furan rings is 1. The molecule has 0 bridgehead atoms. The molecule has 0 saturated carbocycles. The lowest BCUT2D eigenvalue weighted by Crippen LogP contribution is -2.38. The van der Waals surface area contributed by atoms with E-state index in [9.17, 15) is 4.79 Å². The second-order valence-electron chi connectivity index (χ2n) is 8.69. The third-order valence-electron chi connectivity index (χ3n) is 5.47. The molecule has 3 aromatic rings. The van der Waals surface area contributed by atoms with Crippen molar-refractivity contribution in [2.45, 2.75) is 58.8 Å². The number of aryl methyl sites for hydroxylation is 2. The number of carbonyl (C=O) groups excluding carboxylic acids is 1. The Balaban J connectivity index is 1.52. The average Bonchev–Trinajstić information content (AvgIpc) is 3.22. The number of hydrogen-bond acceptors (Lipinski definition) is 5. The Hall–Kier alpha value is -2.70. The quantitative estimate of drug-likeness (QED) is 0.677. The van der Waals surface area contributed by atoms with Crippen LogP contribution in [-0.2, 0) is 5.41 Å². The first kappa shape index (κ1) is 18.7. The molecule has 4 heterocycles. The maximum Gasteiger partial charge on any atom is 0.257 e. The van der Waals surface area contributed by atoms with E-state index in [1.807, 2.05) is 41.5 Å². The molecule has 4 rings (SSSR count). The molecule has 0 unspecified atom stereocenters. The zero-order valence-corrected chi connectivity index (χ0v) is 17.2. The van der Waals surface area contributed by atoms with E-state index in [0.29, 0.717) is 24.4 Å². The van der Waals surface area contributed by atoms with Gasteiger partial charge >= 0.3 is 0 Å². The second kappa shape index (κ2) is 6.72. The first-order chi connectivity index (χ1) is 13.2. The highest BCUT2D eigenvalue weighted by Gasteiger charge is 2.29. The van der Waals surface area contributed by atoms with Crippen molar-refractivity contribution in [1.29, 1.82) is 0 Å². The molecule has 0 atom stereocenters. The topological polar surface area (TPSA) is 76.5 Å². The van der Waals surface area contributed by atoms with Crippen LogP contribution in [-0.4, -0.2) is 43.7 Å². The van der Waals surface area contributed by atoms with Crippen molar-refractivity contribution in [3.05, 3.63) is 46.8 Å². The molecule has 1 fully saturated rings. The van der Waals surface area contributed by atoms with Crippen LogP contribution < -0.4 is 0 Å². The zero-order valence-electron chi connectivity index (χ0n) is 17.2. The summed E-state index contributed by atoms with van der Waals surface area (Å²) in [4.78, 5) is 14.7. The van der Waals surface area contributed by atoms with Gasteiger partial charge in [0.2, 0.25) is 0 Å². The van der Waals surface area contributed by atoms with Crippen LogP contribution in [0, 0.1) is 13.8 Å². The van der Waals surface area contributed by atoms with Crippen molar-refractivity contribution in [3.8, 4) is 0 Å². The summed E-state index contributed by atoms with van der Waals surface area (Å²) < 4.78 is 7.40. The highest BCUT2D eigenvalue weighted by Crippen LogP contribution is 2.29. The Morgan fingerprint density at radius 1 is 1.14 bits per heavy atom. The Bertz CT molecular complexity index is 1020. The third kappa shape index (κ3) is 3.30. The largest absolute Gasteiger partial charge is 0.466 e. The fourth-order valence-electron chi connectivity index (χ4n) is 3.81. The number of aromatic nitrogens is 4. The van der Waals surface area contributed by atoms with Crippen LogP contribution in [0.15, 0.2) is 22.6 Å². The van der Waals surface area contributed by atoms with Gasteiger partial charge < -0.3 is 9.32 Å². The molecule has 0 spiro atoms. The van der Waals surface area contributed by atoms with Crippen LogP contribution in [0.4, 0.5) is 0 Å². The summed E-state index contributed by atoms with van der Waals surface area (Å²) in [6, 6.07) is 5.82. The predicted octanol–water partition coefficient (Wildman–Crippen LogP) is 3.65. The second-order valence-corrected chi connectivity index (χ2v) is 8.69. The molecule has 1 aliphatic heterocycles. The Morgan fingerprint density at radius 3 is 2.46 bits per heavy atom. The van der Waals surface area contributed by atoms with Crippen molar-refractivity contribution >= 4 is 11.6 Å². The molecule has 1 saturated heterocycles. The van der Waals surface area contributed by atoms with Crippen LogP contribution in [0.2, 0.25) is 0 Å². The number of amides is 1. The van der Waals surface area contributed by atoms with Crippen LogP contribution in [0.5, 0.6) is 0 Å². The number of likely N-dealkylation sites (tertiary alicyclic amines) is 1. The normalized spacial score (nSPS) is 16.1. The summed E-state index contributed by atoms with van der Waals surface area (Å²) in [7, 11) is 0. The lowest BCUT2D eigenvalue weighted by Gasteiger charge is -2.31. The summed E-state index contributed by atoms with van der Waals surface area (Å²) in [6.07, 6.45) is 1.70. The van der Waals surface area contributed by atoms with Gasteiger partial charge in [0.15, 0.2) is 11.5 Å². The highest BCUT2D eigenvalue weighted by molar-refractivity contribution is 5.95. The van der Waals surface area contributed by atoms with Crippen LogP contribution in [0.1, 0.15) is 72.9 Å². The van der Waals surface area contributed by atoms with Gasteiger partial charge in [0.1, 0.15) is 11.5 Å². The van der Waals surface area contributed by atoms with Gasteiger partial charge in [-0.2, -0.15) is 9.61 Å². The van der Waals surface area contributed by atoms with E-state index in [-0.39, 0.29) is 17.2 Å². The number of piperidine rings is 1. The minimum atomic E-state index is -0.0356. The summed E-state index contributed by atoms with van der Waals surface area (Å²) in [5.41, 5.74) is 2.41. The standard InChI is InChI=1S/C21H27N5O2/c1-13-12-16(14(2)28-13)20(27)25-10-8-15(9-11-25)19-23-22-18-7-6-17(21(3,4)5)24-26(18)19/h6-7,12,15H,8-11H2,1-5H3. The lowest BCUT2D eigenvalue weighted by atomic mass is 9.92. The molecule has 0 N–H and O–H groups in total. The Kier molecular flexibility index (Phi) is 4.48. The SMILES string of the molecule is Cc1cc(C(=O)N2CCC(c3nnc4ccc(C(C)(C)C)nn34)CC2)c(C)o1. The lowest BCUT2D eigenvalue weighted by molar-refractivity contribution is 0.0709. The highest BCUT2D eigenvalue weighted by atomic mass is 16.3. The van der Waals surface area contributed by atoms with Crippen molar-refractivity contribution < 1.29 is 9.21 Å². The fourth-order valence-corrected chi connectivity index (χ4v) is 3.81. The van der Waals surface area contributed by atoms with Gasteiger partial charge in [-0.3, -0.25) is 4.79 Å². The van der Waals surface area contributed by atoms with Crippen LogP contribution >= 0.6 is 0 Å². The number of rotatable bonds is 2. The molecular formula is C21H27N5O2. The predicted molar refractivity (Wildman–Crippen MR) is 106 cm³/mol. The molecule has 0 radical (unpaired) electrons. The van der Waals surface area contributed by atoms with Crippen LogP contribution in [0.25, 0.3) is 5.65 Å². The zero-order chi connectivity index (χ0) is 20.1. The first-order valence-electron chi connectivity index (χ1n) is 9.83. The minimum Gasteiger partial charge on any atom is -0.466 e. The minimum absolute atomic E-state index is 0.0356. The first-order valence-corrected chi connectivity index (χ1v) is 9.83. The summed E-state index contributed by atoms with van der Waals surface area (Å²) in [6.45, 7) is 11.5. The maximum absolute atomic E-state index is 12.8. The smallest absolute Gasteiger partial charge is 0.257 e. The van der Waals surface area contributed by atoms with Crippen molar-refractivity contribution in [1.82, 2.24) is 24.7 Å². The van der Waals surface area contributed by atoms with Gasteiger partial charge in [0.05, 0.1) is 11.3 Å². The Morgan fingerprint density at radius 2 is 1.86 bits per heavy atom. The Labute approximate surface area is 164 Å². The fraction of sp³-hybridized carbons (Fsp3) is 0.524. The third-order valence-corrected chi connectivity index (χ3v) is 5.47. The van der Waals surface area contributed by atoms with Crippen molar-refractivity contribution in [3.63, 3.8) is 0 Å². The van der Waals surface area contributed by atoms with E-state index < -0.39 is 0 Å². The monoisotopic (exact) mass is 381 g/mol.